The van der Waals surface area contributed by atoms with Crippen LogP contribution in [0.4, 0.5) is 0 Å². The Bertz CT molecular complexity index is 743. The van der Waals surface area contributed by atoms with Gasteiger partial charge in [0.15, 0.2) is 11.5 Å². The van der Waals surface area contributed by atoms with E-state index in [4.69, 9.17) is 9.47 Å². The van der Waals surface area contributed by atoms with E-state index in [9.17, 15) is 4.79 Å². The normalized spacial score (nSPS) is 19.2. The lowest BCUT2D eigenvalue weighted by Crippen LogP contribution is -2.17. The minimum Gasteiger partial charge on any atom is -0.454 e. The third-order valence-corrected chi connectivity index (χ3v) is 3.94. The van der Waals surface area contributed by atoms with Gasteiger partial charge in [0.1, 0.15) is 0 Å². The number of ether oxygens (including phenoxy) is 2. The van der Waals surface area contributed by atoms with E-state index in [0.717, 1.165) is 34.7 Å². The van der Waals surface area contributed by atoms with Crippen LogP contribution in [0.2, 0.25) is 0 Å². The first-order valence-corrected chi connectivity index (χ1v) is 7.11. The molecule has 2 aliphatic rings. The van der Waals surface area contributed by atoms with Gasteiger partial charge in [-0.3, -0.25) is 4.79 Å². The van der Waals surface area contributed by atoms with Crippen LogP contribution >= 0.6 is 0 Å². The van der Waals surface area contributed by atoms with Crippen LogP contribution in [0.25, 0.3) is 0 Å². The summed E-state index contributed by atoms with van der Waals surface area (Å²) in [5.41, 5.74) is 2.94. The van der Waals surface area contributed by atoms with Crippen molar-refractivity contribution in [2.24, 2.45) is 5.10 Å². The van der Waals surface area contributed by atoms with Crippen LogP contribution in [0.1, 0.15) is 23.6 Å². The molecule has 1 amide bonds. The van der Waals surface area contributed by atoms with Gasteiger partial charge < -0.3 is 9.47 Å². The van der Waals surface area contributed by atoms with Crippen molar-refractivity contribution in [2.75, 3.05) is 6.79 Å². The van der Waals surface area contributed by atoms with Crippen LogP contribution < -0.4 is 9.47 Å². The number of hydrogen-bond acceptors (Lipinski definition) is 4. The highest BCUT2D eigenvalue weighted by molar-refractivity contribution is 6.02. The number of hydrazone groups is 1. The lowest BCUT2D eigenvalue weighted by Gasteiger charge is -2.17. The van der Waals surface area contributed by atoms with Crippen LogP contribution in [-0.2, 0) is 4.79 Å². The summed E-state index contributed by atoms with van der Waals surface area (Å²) in [5, 5.41) is 5.91. The summed E-state index contributed by atoms with van der Waals surface area (Å²) in [6.45, 7) is 0.243. The van der Waals surface area contributed by atoms with Crippen molar-refractivity contribution in [2.45, 2.75) is 12.5 Å². The molecule has 0 saturated carbocycles. The number of benzene rings is 2. The topological polar surface area (TPSA) is 51.1 Å². The molecule has 0 fully saturated rings. The maximum atomic E-state index is 11.4. The quantitative estimate of drug-likeness (QED) is 0.818. The lowest BCUT2D eigenvalue weighted by atomic mass is 9.98. The summed E-state index contributed by atoms with van der Waals surface area (Å²) in [5.74, 6) is 1.46. The van der Waals surface area contributed by atoms with Gasteiger partial charge in [-0.05, 0) is 23.3 Å². The van der Waals surface area contributed by atoms with Crippen molar-refractivity contribution >= 4 is 12.1 Å². The zero-order chi connectivity index (χ0) is 14.9. The Morgan fingerprint density at radius 1 is 1.09 bits per heavy atom. The van der Waals surface area contributed by atoms with E-state index in [1.54, 1.807) is 0 Å². The summed E-state index contributed by atoms with van der Waals surface area (Å²) in [7, 11) is 0. The van der Waals surface area contributed by atoms with Crippen LogP contribution in [0.5, 0.6) is 11.5 Å². The second kappa shape index (κ2) is 5.18. The smallest absolute Gasteiger partial charge is 0.231 e. The van der Waals surface area contributed by atoms with Gasteiger partial charge in [0, 0.05) is 6.42 Å². The first-order valence-electron chi connectivity index (χ1n) is 7.11. The van der Waals surface area contributed by atoms with Crippen molar-refractivity contribution in [1.82, 2.24) is 5.01 Å². The summed E-state index contributed by atoms with van der Waals surface area (Å²) >= 11 is 0. The molecular formula is C17H14N2O3. The maximum Gasteiger partial charge on any atom is 0.231 e. The van der Waals surface area contributed by atoms with Crippen molar-refractivity contribution in [3.05, 3.63) is 59.7 Å². The molecule has 0 saturated heterocycles. The van der Waals surface area contributed by atoms with Gasteiger partial charge in [-0.15, -0.1) is 0 Å². The molecular weight excluding hydrogens is 280 g/mol. The van der Waals surface area contributed by atoms with Crippen molar-refractivity contribution in [3.8, 4) is 11.5 Å². The Balaban J connectivity index is 1.65. The Hall–Kier alpha value is -2.82. The Morgan fingerprint density at radius 2 is 1.91 bits per heavy atom. The lowest BCUT2D eigenvalue weighted by molar-refractivity contribution is -0.119. The maximum absolute atomic E-state index is 11.4. The molecule has 2 aromatic carbocycles. The van der Waals surface area contributed by atoms with Gasteiger partial charge in [0.2, 0.25) is 13.2 Å². The van der Waals surface area contributed by atoms with E-state index in [-0.39, 0.29) is 12.8 Å². The molecule has 1 atom stereocenters. The van der Waals surface area contributed by atoms with E-state index in [0.29, 0.717) is 6.42 Å². The van der Waals surface area contributed by atoms with E-state index in [2.05, 4.69) is 5.10 Å². The number of rotatable bonds is 3. The van der Waals surface area contributed by atoms with Crippen molar-refractivity contribution in [3.63, 3.8) is 0 Å². The van der Waals surface area contributed by atoms with E-state index in [1.165, 1.54) is 5.01 Å². The van der Waals surface area contributed by atoms with Crippen LogP contribution in [0.3, 0.4) is 0 Å². The first-order chi connectivity index (χ1) is 10.8. The van der Waals surface area contributed by atoms with Gasteiger partial charge >= 0.3 is 0 Å². The van der Waals surface area contributed by atoms with E-state index >= 15 is 0 Å². The molecule has 110 valence electrons. The van der Waals surface area contributed by atoms with Gasteiger partial charge in [-0.25, -0.2) is 5.01 Å². The summed E-state index contributed by atoms with van der Waals surface area (Å²) in [6, 6.07) is 15.6. The Kier molecular flexibility index (Phi) is 3.04. The van der Waals surface area contributed by atoms with Crippen LogP contribution in [0.15, 0.2) is 53.6 Å². The van der Waals surface area contributed by atoms with Gasteiger partial charge in [0.05, 0.1) is 11.8 Å². The zero-order valence-electron chi connectivity index (χ0n) is 11.8. The summed E-state index contributed by atoms with van der Waals surface area (Å²) < 4.78 is 10.7. The predicted molar refractivity (Wildman–Crippen MR) is 80.8 cm³/mol. The molecule has 4 rings (SSSR count). The SMILES string of the molecule is O=CN1N=C(c2ccccc2)CC1c1ccc2c(c1)OCO2. The highest BCUT2D eigenvalue weighted by Gasteiger charge is 2.29. The van der Waals surface area contributed by atoms with Gasteiger partial charge in [-0.1, -0.05) is 36.4 Å². The molecule has 2 aliphatic heterocycles. The standard InChI is InChI=1S/C17H14N2O3/c20-10-19-15(9-14(18-19)12-4-2-1-3-5-12)13-6-7-16-17(8-13)22-11-21-16/h1-8,10,15H,9,11H2. The molecule has 5 nitrogen and oxygen atoms in total. The molecule has 0 aliphatic carbocycles. The fraction of sp³-hybridized carbons (Fsp3) is 0.176. The highest BCUT2D eigenvalue weighted by atomic mass is 16.7. The minimum absolute atomic E-state index is 0.109. The number of fused-ring (bicyclic) bond motifs is 1. The third kappa shape index (κ3) is 2.11. The average molecular weight is 294 g/mol. The number of amides is 1. The summed E-state index contributed by atoms with van der Waals surface area (Å²) in [4.78, 5) is 11.4. The fourth-order valence-electron chi connectivity index (χ4n) is 2.82. The number of carbonyl (C=O) groups excluding carboxylic acids is 1. The number of carbonyl (C=O) groups is 1. The molecule has 22 heavy (non-hydrogen) atoms. The Morgan fingerprint density at radius 3 is 2.73 bits per heavy atom. The molecule has 1 unspecified atom stereocenters. The summed E-state index contributed by atoms with van der Waals surface area (Å²) in [6.07, 6.45) is 1.45. The first kappa shape index (κ1) is 12.9. The second-order valence-corrected chi connectivity index (χ2v) is 5.23. The second-order valence-electron chi connectivity index (χ2n) is 5.23. The highest BCUT2D eigenvalue weighted by Crippen LogP contribution is 2.38. The molecule has 0 spiro atoms. The Labute approximate surface area is 127 Å². The van der Waals surface area contributed by atoms with E-state index < -0.39 is 0 Å². The molecule has 2 aromatic rings. The largest absolute Gasteiger partial charge is 0.454 e. The van der Waals surface area contributed by atoms with E-state index in [1.807, 2.05) is 48.5 Å². The molecule has 0 bridgehead atoms. The number of nitrogens with zero attached hydrogens (tertiary/aromatic N) is 2. The van der Waals surface area contributed by atoms with Crippen molar-refractivity contribution in [1.29, 1.82) is 0 Å². The van der Waals surface area contributed by atoms with Gasteiger partial charge in [-0.2, -0.15) is 5.10 Å². The molecule has 5 heteroatoms. The third-order valence-electron chi connectivity index (χ3n) is 3.94. The molecule has 0 N–H and O–H groups in total. The molecule has 2 heterocycles. The predicted octanol–water partition coefficient (Wildman–Crippen LogP) is 2.72. The van der Waals surface area contributed by atoms with Gasteiger partial charge in [0.25, 0.3) is 0 Å². The minimum atomic E-state index is -0.109. The van der Waals surface area contributed by atoms with Crippen molar-refractivity contribution < 1.29 is 14.3 Å². The molecule has 0 radical (unpaired) electrons. The number of hydrogen-bond donors (Lipinski definition) is 0. The average Bonchev–Trinajstić information content (AvgIpc) is 3.21. The molecule has 0 aromatic heterocycles. The van der Waals surface area contributed by atoms with Crippen LogP contribution in [-0.4, -0.2) is 23.9 Å². The zero-order valence-corrected chi connectivity index (χ0v) is 11.8. The van der Waals surface area contributed by atoms with Crippen LogP contribution in [0, 0.1) is 0 Å². The monoisotopic (exact) mass is 294 g/mol. The fourth-order valence-corrected chi connectivity index (χ4v) is 2.82.